The van der Waals surface area contributed by atoms with Gasteiger partial charge >= 0.3 is 0 Å². The second-order valence-electron chi connectivity index (χ2n) is 2.39. The van der Waals surface area contributed by atoms with Gasteiger partial charge in [-0.05, 0) is 0 Å². The Labute approximate surface area is 59.0 Å². The predicted molar refractivity (Wildman–Crippen MR) is 36.4 cm³/mol. The lowest BCUT2D eigenvalue weighted by Gasteiger charge is -2.18. The monoisotopic (exact) mass is 139 g/mol. The Balaban J connectivity index is 2.05. The van der Waals surface area contributed by atoms with E-state index in [0.717, 1.165) is 0 Å². The molecular formula is C6H9N3O. The summed E-state index contributed by atoms with van der Waals surface area (Å²) in [6.07, 6.45) is 5.11. The number of rotatable bonds is 2. The molecule has 0 aliphatic carbocycles. The number of nitrogens with one attached hydrogen (secondary N) is 2. The Morgan fingerprint density at radius 1 is 1.90 bits per heavy atom. The number of ether oxygens (including phenoxy) is 1. The second kappa shape index (κ2) is 1.73. The summed E-state index contributed by atoms with van der Waals surface area (Å²) in [5.74, 6) is -0.266. The van der Waals surface area contributed by atoms with Gasteiger partial charge in [-0.2, -0.15) is 0 Å². The fourth-order valence-electron chi connectivity index (χ4n) is 1.08. The van der Waals surface area contributed by atoms with E-state index in [9.17, 15) is 0 Å². The topological polar surface area (TPSA) is 51.7 Å². The third-order valence-electron chi connectivity index (χ3n) is 1.73. The van der Waals surface area contributed by atoms with Crippen molar-refractivity contribution >= 4 is 6.21 Å². The van der Waals surface area contributed by atoms with Crippen molar-refractivity contribution in [1.29, 1.82) is 5.41 Å². The largest absolute Gasteiger partial charge is 0.343 e. The molecule has 0 bridgehead atoms. The molecule has 0 saturated carbocycles. The molecule has 0 aromatic heterocycles. The van der Waals surface area contributed by atoms with Gasteiger partial charge in [0.1, 0.15) is 6.61 Å². The van der Waals surface area contributed by atoms with E-state index in [4.69, 9.17) is 10.1 Å². The number of nitrogens with zero attached hydrogens (tertiary/aromatic N) is 1. The lowest BCUT2D eigenvalue weighted by molar-refractivity contribution is 0.139. The molecule has 2 aliphatic rings. The van der Waals surface area contributed by atoms with Crippen molar-refractivity contribution in [2.45, 2.75) is 5.85 Å². The van der Waals surface area contributed by atoms with Gasteiger partial charge in [-0.15, -0.1) is 0 Å². The van der Waals surface area contributed by atoms with Crippen LogP contribution >= 0.6 is 0 Å². The summed E-state index contributed by atoms with van der Waals surface area (Å²) in [6.45, 7) is 1.33. The highest BCUT2D eigenvalue weighted by molar-refractivity contribution is 5.56. The van der Waals surface area contributed by atoms with Gasteiger partial charge < -0.3 is 20.4 Å². The Morgan fingerprint density at radius 2 is 2.70 bits per heavy atom. The van der Waals surface area contributed by atoms with E-state index in [0.29, 0.717) is 13.2 Å². The molecule has 0 amide bonds. The van der Waals surface area contributed by atoms with Gasteiger partial charge in [0.15, 0.2) is 0 Å². The van der Waals surface area contributed by atoms with E-state index in [2.05, 4.69) is 5.32 Å². The van der Waals surface area contributed by atoms with Crippen molar-refractivity contribution in [3.05, 3.63) is 12.4 Å². The molecule has 4 heteroatoms. The van der Waals surface area contributed by atoms with Gasteiger partial charge in [0, 0.05) is 18.6 Å². The minimum atomic E-state index is -0.266. The highest BCUT2D eigenvalue weighted by Crippen LogP contribution is 2.31. The fourth-order valence-corrected chi connectivity index (χ4v) is 1.08. The summed E-state index contributed by atoms with van der Waals surface area (Å²) < 4.78 is 5.17. The Hall–Kier alpha value is -1.03. The van der Waals surface area contributed by atoms with E-state index in [1.807, 2.05) is 17.3 Å². The van der Waals surface area contributed by atoms with E-state index in [1.165, 1.54) is 6.21 Å². The molecule has 2 rings (SSSR count). The van der Waals surface area contributed by atoms with Crippen molar-refractivity contribution in [3.8, 4) is 0 Å². The van der Waals surface area contributed by atoms with Crippen molar-refractivity contribution in [3.63, 3.8) is 0 Å². The standard InChI is InChI=1S/C6H9N3O/c7-1-3-9-4-2-8-6(9)5-10-6/h1-2,4,7-8H,3,5H2. The molecule has 1 saturated heterocycles. The van der Waals surface area contributed by atoms with E-state index < -0.39 is 0 Å². The van der Waals surface area contributed by atoms with Crippen LogP contribution in [0.2, 0.25) is 0 Å². The van der Waals surface area contributed by atoms with Gasteiger partial charge in [0.25, 0.3) is 0 Å². The molecule has 1 fully saturated rings. The molecule has 10 heavy (non-hydrogen) atoms. The fraction of sp³-hybridized carbons (Fsp3) is 0.500. The van der Waals surface area contributed by atoms with Crippen LogP contribution in [0.25, 0.3) is 0 Å². The third-order valence-corrected chi connectivity index (χ3v) is 1.73. The number of hydrogen-bond donors (Lipinski definition) is 2. The van der Waals surface area contributed by atoms with Gasteiger partial charge in [-0.25, -0.2) is 0 Å². The molecular weight excluding hydrogens is 130 g/mol. The molecule has 2 N–H and O–H groups in total. The van der Waals surface area contributed by atoms with Gasteiger partial charge in [-0.1, -0.05) is 0 Å². The highest BCUT2D eigenvalue weighted by atomic mass is 16.6. The smallest absolute Gasteiger partial charge is 0.243 e. The van der Waals surface area contributed by atoms with Crippen molar-refractivity contribution in [2.24, 2.45) is 0 Å². The molecule has 2 heterocycles. The van der Waals surface area contributed by atoms with Gasteiger partial charge in [-0.3, -0.25) is 0 Å². The zero-order chi connectivity index (χ0) is 7.03. The summed E-state index contributed by atoms with van der Waals surface area (Å²) >= 11 is 0. The lowest BCUT2D eigenvalue weighted by Crippen LogP contribution is -2.40. The zero-order valence-electron chi connectivity index (χ0n) is 5.50. The van der Waals surface area contributed by atoms with Crippen LogP contribution in [0.4, 0.5) is 0 Å². The van der Waals surface area contributed by atoms with Crippen LogP contribution in [-0.2, 0) is 4.74 Å². The van der Waals surface area contributed by atoms with Gasteiger partial charge in [0.05, 0.1) is 6.54 Å². The second-order valence-corrected chi connectivity index (χ2v) is 2.39. The van der Waals surface area contributed by atoms with Crippen molar-refractivity contribution in [1.82, 2.24) is 10.2 Å². The number of hydrogen-bond acceptors (Lipinski definition) is 4. The third kappa shape index (κ3) is 0.623. The number of epoxide rings is 1. The highest BCUT2D eigenvalue weighted by Gasteiger charge is 2.51. The van der Waals surface area contributed by atoms with E-state index in [-0.39, 0.29) is 5.85 Å². The molecule has 1 spiro atoms. The Kier molecular flexibility index (Phi) is 0.990. The molecule has 2 aliphatic heterocycles. The molecule has 0 aromatic rings. The molecule has 54 valence electrons. The molecule has 0 radical (unpaired) electrons. The molecule has 1 atom stereocenters. The average molecular weight is 139 g/mol. The summed E-state index contributed by atoms with van der Waals surface area (Å²) in [5.41, 5.74) is 0. The zero-order valence-corrected chi connectivity index (χ0v) is 5.50. The Morgan fingerprint density at radius 3 is 3.30 bits per heavy atom. The first-order valence-corrected chi connectivity index (χ1v) is 3.21. The maximum atomic E-state index is 6.89. The first-order chi connectivity index (χ1) is 4.87. The van der Waals surface area contributed by atoms with Crippen molar-refractivity contribution < 1.29 is 4.74 Å². The maximum absolute atomic E-state index is 6.89. The van der Waals surface area contributed by atoms with Crippen LogP contribution in [0, 0.1) is 5.41 Å². The van der Waals surface area contributed by atoms with E-state index in [1.54, 1.807) is 0 Å². The first-order valence-electron chi connectivity index (χ1n) is 3.21. The van der Waals surface area contributed by atoms with E-state index >= 15 is 0 Å². The van der Waals surface area contributed by atoms with Crippen LogP contribution in [-0.4, -0.2) is 30.1 Å². The quantitative estimate of drug-likeness (QED) is 0.408. The normalized spacial score (nSPS) is 34.6. The van der Waals surface area contributed by atoms with Gasteiger partial charge in [0.2, 0.25) is 5.85 Å². The molecule has 4 nitrogen and oxygen atoms in total. The SMILES string of the molecule is N=CCN1C=CNC12CO2. The summed E-state index contributed by atoms with van der Waals surface area (Å²) in [5, 5.41) is 9.95. The molecule has 1 unspecified atom stereocenters. The Bertz CT molecular complexity index is 185. The minimum Gasteiger partial charge on any atom is -0.343 e. The first kappa shape index (κ1) is 5.73. The van der Waals surface area contributed by atoms with Crippen LogP contribution < -0.4 is 5.32 Å². The van der Waals surface area contributed by atoms with Crippen LogP contribution in [0.1, 0.15) is 0 Å². The lowest BCUT2D eigenvalue weighted by atomic mass is 10.5. The summed E-state index contributed by atoms with van der Waals surface area (Å²) in [7, 11) is 0. The maximum Gasteiger partial charge on any atom is 0.243 e. The van der Waals surface area contributed by atoms with Crippen LogP contribution in [0.5, 0.6) is 0 Å². The van der Waals surface area contributed by atoms with Crippen LogP contribution in [0.3, 0.4) is 0 Å². The van der Waals surface area contributed by atoms with Crippen LogP contribution in [0.15, 0.2) is 12.4 Å². The molecule has 0 aromatic carbocycles. The average Bonchev–Trinajstić information content (AvgIpc) is 2.57. The summed E-state index contributed by atoms with van der Waals surface area (Å²) in [4.78, 5) is 1.96. The van der Waals surface area contributed by atoms with Crippen molar-refractivity contribution in [2.75, 3.05) is 13.2 Å². The predicted octanol–water partition coefficient (Wildman–Crippen LogP) is -0.304. The minimum absolute atomic E-state index is 0.266. The summed E-state index contributed by atoms with van der Waals surface area (Å²) in [6, 6.07) is 0.